The Morgan fingerprint density at radius 3 is 2.60 bits per heavy atom. The molecule has 0 fully saturated rings. The SMILES string of the molecule is Cc1cc(CCN(C)c2ncc(Br)cc2C)ccc1F. The van der Waals surface area contributed by atoms with Crippen LogP contribution < -0.4 is 4.90 Å². The topological polar surface area (TPSA) is 16.1 Å². The minimum atomic E-state index is -0.146. The van der Waals surface area contributed by atoms with Crippen molar-refractivity contribution < 1.29 is 4.39 Å². The molecular formula is C16H18BrFN2. The molecule has 0 unspecified atom stereocenters. The Balaban J connectivity index is 2.04. The van der Waals surface area contributed by atoms with Gasteiger partial charge in [-0.1, -0.05) is 12.1 Å². The summed E-state index contributed by atoms with van der Waals surface area (Å²) in [4.78, 5) is 6.57. The van der Waals surface area contributed by atoms with Crippen LogP contribution in [-0.4, -0.2) is 18.6 Å². The van der Waals surface area contributed by atoms with Crippen LogP contribution in [-0.2, 0) is 6.42 Å². The van der Waals surface area contributed by atoms with Crippen molar-refractivity contribution in [2.75, 3.05) is 18.5 Å². The number of rotatable bonds is 4. The maximum atomic E-state index is 13.2. The average Bonchev–Trinajstić information content (AvgIpc) is 2.40. The first-order valence-corrected chi connectivity index (χ1v) is 7.35. The molecule has 0 radical (unpaired) electrons. The van der Waals surface area contributed by atoms with Crippen LogP contribution in [0.1, 0.15) is 16.7 Å². The molecule has 0 bridgehead atoms. The Bertz CT molecular complexity index is 613. The summed E-state index contributed by atoms with van der Waals surface area (Å²) in [6.07, 6.45) is 2.68. The smallest absolute Gasteiger partial charge is 0.131 e. The van der Waals surface area contributed by atoms with Gasteiger partial charge in [0.1, 0.15) is 11.6 Å². The second kappa shape index (κ2) is 6.35. The molecule has 1 heterocycles. The van der Waals surface area contributed by atoms with E-state index >= 15 is 0 Å². The van der Waals surface area contributed by atoms with E-state index in [-0.39, 0.29) is 5.82 Å². The maximum absolute atomic E-state index is 13.2. The van der Waals surface area contributed by atoms with Crippen molar-refractivity contribution in [2.24, 2.45) is 0 Å². The number of halogens is 2. The highest BCUT2D eigenvalue weighted by Gasteiger charge is 2.07. The number of nitrogens with zero attached hydrogens (tertiary/aromatic N) is 2. The van der Waals surface area contributed by atoms with Crippen LogP contribution in [0.15, 0.2) is 34.9 Å². The summed E-state index contributed by atoms with van der Waals surface area (Å²) in [7, 11) is 2.03. The molecule has 2 rings (SSSR count). The number of anilines is 1. The Hall–Kier alpha value is -1.42. The second-order valence-electron chi connectivity index (χ2n) is 5.05. The maximum Gasteiger partial charge on any atom is 0.131 e. The molecule has 20 heavy (non-hydrogen) atoms. The van der Waals surface area contributed by atoms with Gasteiger partial charge in [0.05, 0.1) is 0 Å². The quantitative estimate of drug-likeness (QED) is 0.828. The van der Waals surface area contributed by atoms with E-state index in [0.717, 1.165) is 34.4 Å². The summed E-state index contributed by atoms with van der Waals surface area (Å²) in [5.41, 5.74) is 2.98. The van der Waals surface area contributed by atoms with Gasteiger partial charge in [0.15, 0.2) is 0 Å². The predicted molar refractivity (Wildman–Crippen MR) is 84.8 cm³/mol. The van der Waals surface area contributed by atoms with E-state index in [1.54, 1.807) is 13.1 Å². The van der Waals surface area contributed by atoms with Gasteiger partial charge in [-0.3, -0.25) is 0 Å². The van der Waals surface area contributed by atoms with Gasteiger partial charge in [-0.25, -0.2) is 9.37 Å². The van der Waals surface area contributed by atoms with Crippen molar-refractivity contribution in [3.8, 4) is 0 Å². The summed E-state index contributed by atoms with van der Waals surface area (Å²) in [6.45, 7) is 4.69. The van der Waals surface area contributed by atoms with Crippen molar-refractivity contribution in [1.82, 2.24) is 4.98 Å². The number of likely N-dealkylation sites (N-methyl/N-ethyl adjacent to an activating group) is 1. The summed E-state index contributed by atoms with van der Waals surface area (Å²) in [5, 5.41) is 0. The molecule has 0 saturated heterocycles. The summed E-state index contributed by atoms with van der Waals surface area (Å²) in [6, 6.07) is 7.34. The van der Waals surface area contributed by atoms with Gasteiger partial charge in [0.25, 0.3) is 0 Å². The molecule has 2 aromatic rings. The van der Waals surface area contributed by atoms with Crippen LogP contribution in [0.5, 0.6) is 0 Å². The molecule has 1 aromatic heterocycles. The summed E-state index contributed by atoms with van der Waals surface area (Å²) in [5.74, 6) is 0.833. The van der Waals surface area contributed by atoms with E-state index in [1.165, 1.54) is 6.07 Å². The molecule has 0 aliphatic heterocycles. The lowest BCUT2D eigenvalue weighted by atomic mass is 10.1. The zero-order valence-electron chi connectivity index (χ0n) is 12.0. The summed E-state index contributed by atoms with van der Waals surface area (Å²) >= 11 is 3.42. The van der Waals surface area contributed by atoms with Gasteiger partial charge in [0, 0.05) is 24.3 Å². The molecular weight excluding hydrogens is 319 g/mol. The van der Waals surface area contributed by atoms with Crippen molar-refractivity contribution in [3.05, 3.63) is 57.4 Å². The van der Waals surface area contributed by atoms with Crippen molar-refractivity contribution in [3.63, 3.8) is 0 Å². The number of hydrogen-bond donors (Lipinski definition) is 0. The molecule has 0 atom stereocenters. The zero-order chi connectivity index (χ0) is 14.7. The molecule has 1 aromatic carbocycles. The Labute approximate surface area is 127 Å². The van der Waals surface area contributed by atoms with Gasteiger partial charge >= 0.3 is 0 Å². The molecule has 0 N–H and O–H groups in total. The van der Waals surface area contributed by atoms with E-state index in [4.69, 9.17) is 0 Å². The second-order valence-corrected chi connectivity index (χ2v) is 5.96. The lowest BCUT2D eigenvalue weighted by Crippen LogP contribution is -2.22. The first-order valence-electron chi connectivity index (χ1n) is 6.55. The standard InChI is InChI=1S/C16H18BrFN2/c1-11-8-13(4-5-15(11)18)6-7-20(3)16-12(2)9-14(17)10-19-16/h4-5,8-10H,6-7H2,1-3H3. The minimum absolute atomic E-state index is 0.146. The normalized spacial score (nSPS) is 10.7. The lowest BCUT2D eigenvalue weighted by molar-refractivity contribution is 0.617. The molecule has 0 spiro atoms. The summed E-state index contributed by atoms with van der Waals surface area (Å²) < 4.78 is 14.2. The van der Waals surface area contributed by atoms with Gasteiger partial charge in [-0.05, 0) is 65.0 Å². The monoisotopic (exact) mass is 336 g/mol. The predicted octanol–water partition coefficient (Wildman–Crippen LogP) is 4.28. The first kappa shape index (κ1) is 15.0. The van der Waals surface area contributed by atoms with Crippen LogP contribution in [0, 0.1) is 19.7 Å². The number of aromatic nitrogens is 1. The van der Waals surface area contributed by atoms with Crippen molar-refractivity contribution >= 4 is 21.7 Å². The highest BCUT2D eigenvalue weighted by Crippen LogP contribution is 2.20. The highest BCUT2D eigenvalue weighted by molar-refractivity contribution is 9.10. The fraction of sp³-hybridized carbons (Fsp3) is 0.312. The van der Waals surface area contributed by atoms with E-state index in [9.17, 15) is 4.39 Å². The number of hydrogen-bond acceptors (Lipinski definition) is 2. The van der Waals surface area contributed by atoms with Crippen LogP contribution in [0.4, 0.5) is 10.2 Å². The third-order valence-corrected chi connectivity index (χ3v) is 3.77. The molecule has 106 valence electrons. The van der Waals surface area contributed by atoms with E-state index in [2.05, 4.69) is 31.9 Å². The Kier molecular flexibility index (Phi) is 4.76. The third kappa shape index (κ3) is 3.57. The molecule has 2 nitrogen and oxygen atoms in total. The van der Waals surface area contributed by atoms with Crippen molar-refractivity contribution in [1.29, 1.82) is 0 Å². The van der Waals surface area contributed by atoms with Gasteiger partial charge in [-0.15, -0.1) is 0 Å². The average molecular weight is 337 g/mol. The Morgan fingerprint density at radius 2 is 1.95 bits per heavy atom. The van der Waals surface area contributed by atoms with Gasteiger partial charge in [-0.2, -0.15) is 0 Å². The lowest BCUT2D eigenvalue weighted by Gasteiger charge is -2.20. The van der Waals surface area contributed by atoms with Crippen LogP contribution in [0.2, 0.25) is 0 Å². The zero-order valence-corrected chi connectivity index (χ0v) is 13.5. The van der Waals surface area contributed by atoms with Crippen LogP contribution in [0.3, 0.4) is 0 Å². The largest absolute Gasteiger partial charge is 0.359 e. The molecule has 0 aliphatic carbocycles. The minimum Gasteiger partial charge on any atom is -0.359 e. The molecule has 0 aliphatic rings. The highest BCUT2D eigenvalue weighted by atomic mass is 79.9. The Morgan fingerprint density at radius 1 is 1.20 bits per heavy atom. The first-order chi connectivity index (χ1) is 9.47. The fourth-order valence-electron chi connectivity index (χ4n) is 2.20. The van der Waals surface area contributed by atoms with Gasteiger partial charge < -0.3 is 4.90 Å². The molecule has 0 amide bonds. The van der Waals surface area contributed by atoms with Crippen LogP contribution >= 0.6 is 15.9 Å². The third-order valence-electron chi connectivity index (χ3n) is 3.34. The van der Waals surface area contributed by atoms with E-state index in [1.807, 2.05) is 26.1 Å². The van der Waals surface area contributed by atoms with Crippen molar-refractivity contribution in [2.45, 2.75) is 20.3 Å². The molecule has 4 heteroatoms. The van der Waals surface area contributed by atoms with E-state index in [0.29, 0.717) is 5.56 Å². The number of benzene rings is 1. The number of aryl methyl sites for hydroxylation is 2. The van der Waals surface area contributed by atoms with Crippen LogP contribution in [0.25, 0.3) is 0 Å². The fourth-order valence-corrected chi connectivity index (χ4v) is 2.64. The molecule has 0 saturated carbocycles. The number of pyridine rings is 1. The van der Waals surface area contributed by atoms with Gasteiger partial charge in [0.2, 0.25) is 0 Å². The van der Waals surface area contributed by atoms with E-state index < -0.39 is 0 Å².